The number of carbonyl (C=O) groups excluding carboxylic acids is 1. The van der Waals surface area contributed by atoms with E-state index in [0.717, 1.165) is 48.7 Å². The summed E-state index contributed by atoms with van der Waals surface area (Å²) in [6.07, 6.45) is 7.21. The molecule has 0 saturated carbocycles. The van der Waals surface area contributed by atoms with Crippen LogP contribution in [0.25, 0.3) is 11.4 Å². The van der Waals surface area contributed by atoms with E-state index in [4.69, 9.17) is 9.97 Å². The van der Waals surface area contributed by atoms with Crippen LogP contribution < -0.4 is 10.2 Å². The molecule has 0 atom stereocenters. The average molecular weight is 309 g/mol. The molecule has 0 unspecified atom stereocenters. The summed E-state index contributed by atoms with van der Waals surface area (Å²) in [5, 5.41) is 2.93. The van der Waals surface area contributed by atoms with Crippen LogP contribution in [0.4, 0.5) is 5.82 Å². The van der Waals surface area contributed by atoms with Crippen LogP contribution in [0.3, 0.4) is 0 Å². The van der Waals surface area contributed by atoms with Crippen molar-refractivity contribution < 1.29 is 4.79 Å². The maximum absolute atomic E-state index is 11.6. The first-order chi connectivity index (χ1) is 11.3. The van der Waals surface area contributed by atoms with Gasteiger partial charge in [-0.2, -0.15) is 0 Å². The molecule has 1 aliphatic carbocycles. The Morgan fingerprint density at radius 1 is 1.04 bits per heavy atom. The smallest absolute Gasteiger partial charge is 0.221 e. The van der Waals surface area contributed by atoms with Crippen molar-refractivity contribution in [1.29, 1.82) is 0 Å². The van der Waals surface area contributed by atoms with Gasteiger partial charge in [-0.25, -0.2) is 9.97 Å². The van der Waals surface area contributed by atoms with Gasteiger partial charge in [0.2, 0.25) is 5.91 Å². The molecule has 2 aliphatic rings. The fraction of sp³-hybridized carbons (Fsp3) is 0.412. The highest BCUT2D eigenvalue weighted by molar-refractivity contribution is 5.77. The molecule has 3 heterocycles. The lowest BCUT2D eigenvalue weighted by Crippen LogP contribution is -2.30. The highest BCUT2D eigenvalue weighted by Gasteiger charge is 2.24. The molecule has 0 bridgehead atoms. The van der Waals surface area contributed by atoms with Gasteiger partial charge < -0.3 is 10.2 Å². The van der Waals surface area contributed by atoms with Crippen molar-refractivity contribution in [3.63, 3.8) is 0 Å². The SMILES string of the molecule is O=C1CCN(c2nc(-c3ccncc3)nc3c2CCC3)CCN1. The van der Waals surface area contributed by atoms with Crippen molar-refractivity contribution >= 4 is 11.7 Å². The first-order valence-corrected chi connectivity index (χ1v) is 8.13. The van der Waals surface area contributed by atoms with Crippen LogP contribution in [0.1, 0.15) is 24.1 Å². The van der Waals surface area contributed by atoms with Crippen LogP contribution in [0.5, 0.6) is 0 Å². The molecule has 4 rings (SSSR count). The summed E-state index contributed by atoms with van der Waals surface area (Å²) in [4.78, 5) is 27.5. The quantitative estimate of drug-likeness (QED) is 0.907. The van der Waals surface area contributed by atoms with Gasteiger partial charge in [-0.05, 0) is 31.4 Å². The second-order valence-electron chi connectivity index (χ2n) is 5.97. The highest BCUT2D eigenvalue weighted by Crippen LogP contribution is 2.31. The summed E-state index contributed by atoms with van der Waals surface area (Å²) in [5.41, 5.74) is 3.41. The first kappa shape index (κ1) is 14.1. The Hall–Kier alpha value is -2.50. The average Bonchev–Trinajstić information content (AvgIpc) is 2.96. The number of hydrogen-bond acceptors (Lipinski definition) is 5. The number of hydrogen-bond donors (Lipinski definition) is 1. The predicted molar refractivity (Wildman–Crippen MR) is 87.1 cm³/mol. The van der Waals surface area contributed by atoms with Crippen molar-refractivity contribution in [2.75, 3.05) is 24.5 Å². The Morgan fingerprint density at radius 2 is 1.91 bits per heavy atom. The third kappa shape index (κ3) is 2.76. The Labute approximate surface area is 135 Å². The van der Waals surface area contributed by atoms with Gasteiger partial charge in [-0.1, -0.05) is 0 Å². The summed E-state index contributed by atoms with van der Waals surface area (Å²) in [6, 6.07) is 3.88. The molecule has 0 radical (unpaired) electrons. The lowest BCUT2D eigenvalue weighted by atomic mass is 10.2. The Morgan fingerprint density at radius 3 is 2.78 bits per heavy atom. The zero-order valence-electron chi connectivity index (χ0n) is 13.0. The van der Waals surface area contributed by atoms with Crippen LogP contribution in [-0.2, 0) is 17.6 Å². The molecule has 23 heavy (non-hydrogen) atoms. The van der Waals surface area contributed by atoms with Crippen LogP contribution in [0.15, 0.2) is 24.5 Å². The Bertz CT molecular complexity index is 731. The minimum Gasteiger partial charge on any atom is -0.354 e. The minimum absolute atomic E-state index is 0.118. The molecule has 6 heteroatoms. The van der Waals surface area contributed by atoms with E-state index < -0.39 is 0 Å². The van der Waals surface area contributed by atoms with E-state index >= 15 is 0 Å². The minimum atomic E-state index is 0.118. The second kappa shape index (κ2) is 5.95. The first-order valence-electron chi connectivity index (χ1n) is 8.13. The fourth-order valence-corrected chi connectivity index (χ4v) is 3.28. The van der Waals surface area contributed by atoms with E-state index in [1.165, 1.54) is 5.56 Å². The molecule has 0 aromatic carbocycles. The molecule has 1 fully saturated rings. The third-order valence-corrected chi connectivity index (χ3v) is 4.46. The topological polar surface area (TPSA) is 71.0 Å². The monoisotopic (exact) mass is 309 g/mol. The van der Waals surface area contributed by atoms with Gasteiger partial charge in [0.15, 0.2) is 5.82 Å². The van der Waals surface area contributed by atoms with Gasteiger partial charge in [-0.3, -0.25) is 9.78 Å². The zero-order chi connectivity index (χ0) is 15.6. The molecule has 2 aromatic rings. The molecular weight excluding hydrogens is 290 g/mol. The van der Waals surface area contributed by atoms with E-state index in [0.29, 0.717) is 19.5 Å². The molecule has 1 N–H and O–H groups in total. The maximum Gasteiger partial charge on any atom is 0.221 e. The van der Waals surface area contributed by atoms with Crippen LogP contribution in [0, 0.1) is 0 Å². The van der Waals surface area contributed by atoms with E-state index in [9.17, 15) is 4.79 Å². The molecular formula is C17H19N5O. The number of carbonyl (C=O) groups is 1. The van der Waals surface area contributed by atoms with Crippen molar-refractivity contribution in [3.05, 3.63) is 35.8 Å². The molecule has 0 spiro atoms. The van der Waals surface area contributed by atoms with Gasteiger partial charge in [0.1, 0.15) is 5.82 Å². The number of aryl methyl sites for hydroxylation is 1. The van der Waals surface area contributed by atoms with Gasteiger partial charge in [0.25, 0.3) is 0 Å². The number of anilines is 1. The molecule has 1 amide bonds. The van der Waals surface area contributed by atoms with Gasteiger partial charge in [0, 0.05) is 55.3 Å². The number of aromatic nitrogens is 3. The van der Waals surface area contributed by atoms with Crippen molar-refractivity contribution in [3.8, 4) is 11.4 Å². The van der Waals surface area contributed by atoms with E-state index in [1.54, 1.807) is 12.4 Å². The van der Waals surface area contributed by atoms with Crippen LogP contribution in [-0.4, -0.2) is 40.5 Å². The van der Waals surface area contributed by atoms with E-state index in [-0.39, 0.29) is 5.91 Å². The summed E-state index contributed by atoms with van der Waals surface area (Å²) >= 11 is 0. The fourth-order valence-electron chi connectivity index (χ4n) is 3.28. The number of nitrogens with zero attached hydrogens (tertiary/aromatic N) is 4. The van der Waals surface area contributed by atoms with Crippen molar-refractivity contribution in [2.45, 2.75) is 25.7 Å². The lowest BCUT2D eigenvalue weighted by molar-refractivity contribution is -0.120. The molecule has 118 valence electrons. The molecule has 1 aliphatic heterocycles. The summed E-state index contributed by atoms with van der Waals surface area (Å²) in [7, 11) is 0. The number of amides is 1. The third-order valence-electron chi connectivity index (χ3n) is 4.46. The molecule has 2 aromatic heterocycles. The lowest BCUT2D eigenvalue weighted by Gasteiger charge is -2.24. The number of pyridine rings is 1. The van der Waals surface area contributed by atoms with Crippen molar-refractivity contribution in [2.24, 2.45) is 0 Å². The Kier molecular flexibility index (Phi) is 3.65. The van der Waals surface area contributed by atoms with Crippen LogP contribution in [0.2, 0.25) is 0 Å². The number of nitrogens with one attached hydrogen (secondary N) is 1. The molecule has 6 nitrogen and oxygen atoms in total. The summed E-state index contributed by atoms with van der Waals surface area (Å²) in [6.45, 7) is 2.18. The predicted octanol–water partition coefficient (Wildman–Crippen LogP) is 1.35. The van der Waals surface area contributed by atoms with E-state index in [2.05, 4.69) is 15.2 Å². The summed E-state index contributed by atoms with van der Waals surface area (Å²) in [5.74, 6) is 1.88. The largest absolute Gasteiger partial charge is 0.354 e. The van der Waals surface area contributed by atoms with Gasteiger partial charge in [0.05, 0.1) is 0 Å². The number of rotatable bonds is 2. The second-order valence-corrected chi connectivity index (χ2v) is 5.97. The normalized spacial score (nSPS) is 17.6. The van der Waals surface area contributed by atoms with E-state index in [1.807, 2.05) is 12.1 Å². The number of fused-ring (bicyclic) bond motifs is 1. The van der Waals surface area contributed by atoms with Gasteiger partial charge in [-0.15, -0.1) is 0 Å². The Balaban J connectivity index is 1.76. The maximum atomic E-state index is 11.6. The highest BCUT2D eigenvalue weighted by atomic mass is 16.1. The molecule has 1 saturated heterocycles. The summed E-state index contributed by atoms with van der Waals surface area (Å²) < 4.78 is 0. The van der Waals surface area contributed by atoms with Crippen LogP contribution >= 0.6 is 0 Å². The standard InChI is InChI=1S/C17H19N5O/c23-15-6-10-22(11-9-19-15)17-13-2-1-3-14(13)20-16(21-17)12-4-7-18-8-5-12/h4-5,7-8H,1-3,6,9-11H2,(H,19,23). The zero-order valence-corrected chi connectivity index (χ0v) is 13.0. The van der Waals surface area contributed by atoms with Gasteiger partial charge >= 0.3 is 0 Å². The van der Waals surface area contributed by atoms with Crippen molar-refractivity contribution in [1.82, 2.24) is 20.3 Å².